The lowest BCUT2D eigenvalue weighted by molar-refractivity contribution is -0.181. The molecule has 2 aromatic carbocycles. The predicted molar refractivity (Wildman–Crippen MR) is 147 cm³/mol. The molecule has 0 spiro atoms. The van der Waals surface area contributed by atoms with Gasteiger partial charge in [-0.05, 0) is 67.7 Å². The van der Waals surface area contributed by atoms with Crippen LogP contribution in [-0.4, -0.2) is 89.5 Å². The van der Waals surface area contributed by atoms with Crippen molar-refractivity contribution in [3.63, 3.8) is 0 Å². The number of phenolic OH excluding ortho intramolecular Hbond substituents is 1. The third-order valence-electron chi connectivity index (χ3n) is 8.70. The molecule has 2 unspecified atom stereocenters. The van der Waals surface area contributed by atoms with E-state index >= 15 is 0 Å². The van der Waals surface area contributed by atoms with Gasteiger partial charge in [0, 0.05) is 18.7 Å². The number of aromatic hydroxyl groups is 1. The number of nitrogens with zero attached hydrogens (tertiary/aromatic N) is 1. The Morgan fingerprint density at radius 2 is 1.74 bits per heavy atom. The number of nitrogens with one attached hydrogen (secondary N) is 1. The number of hydrogen-bond acceptors (Lipinski definition) is 10. The van der Waals surface area contributed by atoms with Crippen molar-refractivity contribution in [1.29, 1.82) is 0 Å². The summed E-state index contributed by atoms with van der Waals surface area (Å²) in [5.74, 6) is -11.3. The second kappa shape index (κ2) is 10.5. The highest BCUT2D eigenvalue weighted by molar-refractivity contribution is 6.32. The molecule has 0 radical (unpaired) electrons. The number of nitrogens with two attached hydrogens (primary N) is 1. The summed E-state index contributed by atoms with van der Waals surface area (Å²) in [6.07, 6.45) is 0.103. The van der Waals surface area contributed by atoms with E-state index in [2.05, 4.69) is 5.32 Å². The summed E-state index contributed by atoms with van der Waals surface area (Å²) < 4.78 is 4.82. The second-order valence-electron chi connectivity index (χ2n) is 11.3. The number of amides is 2. The van der Waals surface area contributed by atoms with Crippen LogP contribution < -0.4 is 11.1 Å². The monoisotopic (exact) mass is 577 g/mol. The highest BCUT2D eigenvalue weighted by Gasteiger charge is 2.69. The number of phenols is 1. The van der Waals surface area contributed by atoms with Gasteiger partial charge in [0.1, 0.15) is 12.4 Å². The Morgan fingerprint density at radius 1 is 1.07 bits per heavy atom. The molecule has 0 bridgehead atoms. The summed E-state index contributed by atoms with van der Waals surface area (Å²) in [6, 6.07) is 8.64. The van der Waals surface area contributed by atoms with Gasteiger partial charge in [-0.25, -0.2) is 0 Å². The third-order valence-corrected chi connectivity index (χ3v) is 8.70. The Balaban J connectivity index is 1.56. The van der Waals surface area contributed by atoms with Crippen molar-refractivity contribution < 1.29 is 43.7 Å². The summed E-state index contributed by atoms with van der Waals surface area (Å²) in [5.41, 5.74) is 4.80. The number of carbonyl (C=O) groups excluding carboxylic acids is 6. The number of ether oxygens (including phenoxy) is 1. The number of fused-ring (bicyclic) bond motifs is 3. The molecule has 12 nitrogen and oxygen atoms in total. The van der Waals surface area contributed by atoms with Crippen molar-refractivity contribution in [2.45, 2.75) is 24.5 Å². The van der Waals surface area contributed by atoms with Crippen LogP contribution in [0.15, 0.2) is 36.4 Å². The van der Waals surface area contributed by atoms with Crippen LogP contribution in [0.4, 0.5) is 5.69 Å². The first-order chi connectivity index (χ1) is 19.8. The number of carbonyl (C=O) groups is 6. The van der Waals surface area contributed by atoms with Crippen molar-refractivity contribution in [2.75, 3.05) is 33.1 Å². The van der Waals surface area contributed by atoms with Crippen molar-refractivity contribution in [3.8, 4) is 16.9 Å². The standard InChI is InChI=1S/C30H31N3O9/c1-33(2)24-18-11-14-10-17-16(13-4-6-15(7-5-13)32-20(35)12-42-3)8-9-19(34)22(17)25(36)21(14)27(38)30(18,41)28(39)23(26(24)37)29(31)40/h4-9,14,18,21,23-24,34,41H,10-12H2,1-3H3,(H2,31,40)(H,32,35)/t14-,18-,21?,23?,24-,30-/m1/s1. The Kier molecular flexibility index (Phi) is 7.34. The summed E-state index contributed by atoms with van der Waals surface area (Å²) in [5, 5.41) is 25.1. The molecule has 2 amide bonds. The Hall–Kier alpha value is -4.26. The van der Waals surface area contributed by atoms with E-state index in [1.54, 1.807) is 30.3 Å². The fraction of sp³-hybridized carbons (Fsp3) is 0.400. The summed E-state index contributed by atoms with van der Waals surface area (Å²) >= 11 is 0. The van der Waals surface area contributed by atoms with Gasteiger partial charge < -0.3 is 26.0 Å². The number of Topliss-reactive ketones (excluding diaryl/α,β-unsaturated/α-hetero) is 4. The van der Waals surface area contributed by atoms with E-state index in [9.17, 15) is 39.0 Å². The quantitative estimate of drug-likeness (QED) is 0.343. The zero-order valence-corrected chi connectivity index (χ0v) is 23.2. The van der Waals surface area contributed by atoms with Crippen molar-refractivity contribution >= 4 is 40.6 Å². The number of benzene rings is 2. The minimum atomic E-state index is -2.77. The maximum Gasteiger partial charge on any atom is 0.250 e. The second-order valence-corrected chi connectivity index (χ2v) is 11.3. The average molecular weight is 578 g/mol. The van der Waals surface area contributed by atoms with Crippen LogP contribution in [0.25, 0.3) is 11.1 Å². The molecule has 0 saturated heterocycles. The number of primary amides is 1. The van der Waals surface area contributed by atoms with Gasteiger partial charge in [0.2, 0.25) is 11.8 Å². The number of hydrogen-bond donors (Lipinski definition) is 4. The van der Waals surface area contributed by atoms with E-state index in [0.717, 1.165) is 0 Å². The molecule has 0 aromatic heterocycles. The van der Waals surface area contributed by atoms with Crippen molar-refractivity contribution in [2.24, 2.45) is 29.4 Å². The van der Waals surface area contributed by atoms with Crippen LogP contribution in [0.5, 0.6) is 5.75 Å². The number of rotatable bonds is 6. The fourth-order valence-corrected chi connectivity index (χ4v) is 6.94. The zero-order valence-electron chi connectivity index (χ0n) is 23.2. The molecule has 0 aliphatic heterocycles. The molecule has 12 heteroatoms. The maximum absolute atomic E-state index is 13.9. The van der Waals surface area contributed by atoms with Gasteiger partial charge in [-0.1, -0.05) is 18.2 Å². The average Bonchev–Trinajstić information content (AvgIpc) is 2.91. The molecule has 3 aliphatic carbocycles. The molecule has 3 aliphatic rings. The van der Waals surface area contributed by atoms with Gasteiger partial charge in [0.25, 0.3) is 0 Å². The van der Waals surface area contributed by atoms with E-state index in [1.165, 1.54) is 32.2 Å². The zero-order chi connectivity index (χ0) is 30.7. The van der Waals surface area contributed by atoms with Crippen LogP contribution in [0.3, 0.4) is 0 Å². The summed E-state index contributed by atoms with van der Waals surface area (Å²) in [7, 11) is 4.48. The SMILES string of the molecule is COCC(=O)Nc1ccc(-c2ccc(O)c3c2C[C@@H]2C[C@@H]4[C@@H](N(C)C)C(=O)C(C(N)=O)C(=O)[C@]4(O)C(=O)C2C3=O)cc1. The Labute approximate surface area is 240 Å². The third kappa shape index (κ3) is 4.34. The minimum absolute atomic E-state index is 0.0382. The van der Waals surface area contributed by atoms with Gasteiger partial charge >= 0.3 is 0 Å². The maximum atomic E-state index is 13.9. The van der Waals surface area contributed by atoms with E-state index in [4.69, 9.17) is 10.5 Å². The molecule has 2 aromatic rings. The molecule has 5 rings (SSSR count). The molecule has 6 atom stereocenters. The number of methoxy groups -OCH3 is 1. The van der Waals surface area contributed by atoms with E-state index in [0.29, 0.717) is 22.4 Å². The van der Waals surface area contributed by atoms with Gasteiger partial charge in [0.05, 0.1) is 17.5 Å². The first kappa shape index (κ1) is 29.2. The smallest absolute Gasteiger partial charge is 0.250 e. The van der Waals surface area contributed by atoms with Crippen LogP contribution in [0.1, 0.15) is 22.3 Å². The van der Waals surface area contributed by atoms with Crippen LogP contribution >= 0.6 is 0 Å². The molecule has 42 heavy (non-hydrogen) atoms. The van der Waals surface area contributed by atoms with Crippen LogP contribution in [-0.2, 0) is 35.1 Å². The first-order valence-corrected chi connectivity index (χ1v) is 13.4. The lowest BCUT2D eigenvalue weighted by Crippen LogP contribution is -2.74. The molecule has 5 N–H and O–H groups in total. The van der Waals surface area contributed by atoms with Gasteiger partial charge in [-0.15, -0.1) is 0 Å². The van der Waals surface area contributed by atoms with Crippen LogP contribution in [0.2, 0.25) is 0 Å². The molecule has 2 saturated carbocycles. The highest BCUT2D eigenvalue weighted by atomic mass is 16.5. The fourth-order valence-electron chi connectivity index (χ4n) is 6.94. The lowest BCUT2D eigenvalue weighted by atomic mass is 9.52. The molecule has 0 heterocycles. The Morgan fingerprint density at radius 3 is 2.33 bits per heavy atom. The molecular formula is C30H31N3O9. The van der Waals surface area contributed by atoms with Crippen molar-refractivity contribution in [1.82, 2.24) is 4.90 Å². The summed E-state index contributed by atoms with van der Waals surface area (Å²) in [4.78, 5) is 79.8. The van der Waals surface area contributed by atoms with E-state index in [-0.39, 0.29) is 36.7 Å². The highest BCUT2D eigenvalue weighted by Crippen LogP contribution is 2.51. The molecule has 2 fully saturated rings. The number of likely N-dealkylation sites (N-methyl/N-ethyl adjacent to an activating group) is 1. The minimum Gasteiger partial charge on any atom is -0.507 e. The largest absolute Gasteiger partial charge is 0.507 e. The lowest BCUT2D eigenvalue weighted by Gasteiger charge is -2.52. The number of aliphatic hydroxyl groups is 1. The van der Waals surface area contributed by atoms with Crippen LogP contribution in [0, 0.1) is 23.7 Å². The van der Waals surface area contributed by atoms with Crippen molar-refractivity contribution in [3.05, 3.63) is 47.5 Å². The van der Waals surface area contributed by atoms with Gasteiger partial charge in [-0.3, -0.25) is 33.7 Å². The van der Waals surface area contributed by atoms with E-state index < -0.39 is 64.4 Å². The normalized spacial score (nSPS) is 28.6. The summed E-state index contributed by atoms with van der Waals surface area (Å²) in [6.45, 7) is -0.109. The number of ketones is 4. The number of anilines is 1. The topological polar surface area (TPSA) is 193 Å². The predicted octanol–water partition coefficient (Wildman–Crippen LogP) is 0.119. The van der Waals surface area contributed by atoms with Gasteiger partial charge in [-0.2, -0.15) is 0 Å². The van der Waals surface area contributed by atoms with E-state index in [1.807, 2.05) is 0 Å². The van der Waals surface area contributed by atoms with Gasteiger partial charge in [0.15, 0.2) is 34.7 Å². The molecule has 220 valence electrons. The first-order valence-electron chi connectivity index (χ1n) is 13.4. The molecular weight excluding hydrogens is 546 g/mol. The Bertz CT molecular complexity index is 1530.